The molecule has 0 aromatic carbocycles. The van der Waals surface area contributed by atoms with Crippen LogP contribution in [0, 0.1) is 6.92 Å². The first-order valence-electron chi connectivity index (χ1n) is 4.39. The molecule has 0 fully saturated rings. The topological polar surface area (TPSA) is 106 Å². The number of nitrogens with one attached hydrogen (secondary N) is 2. The number of nitrogens with zero attached hydrogens (tertiary/aromatic N) is 3. The predicted octanol–water partition coefficient (Wildman–Crippen LogP) is 0.362. The van der Waals surface area contributed by atoms with Crippen LogP contribution in [0.15, 0.2) is 10.7 Å². The Kier molecular flexibility index (Phi) is 2.54. The molecule has 8 heteroatoms. The molecule has 0 aliphatic heterocycles. The summed E-state index contributed by atoms with van der Waals surface area (Å²) < 4.78 is 9.52. The number of anilines is 1. The second-order valence-corrected chi connectivity index (χ2v) is 2.92. The zero-order chi connectivity index (χ0) is 11.5. The number of H-pyrrole nitrogens is 1. The summed E-state index contributed by atoms with van der Waals surface area (Å²) in [5.41, 5.74) is 0.343. The molecule has 0 aliphatic carbocycles. The number of aromatic amines is 1. The molecule has 0 spiro atoms. The van der Waals surface area contributed by atoms with E-state index in [2.05, 4.69) is 25.7 Å². The van der Waals surface area contributed by atoms with Crippen molar-refractivity contribution in [2.75, 3.05) is 12.4 Å². The van der Waals surface area contributed by atoms with Crippen molar-refractivity contribution in [2.24, 2.45) is 0 Å². The Bertz CT molecular complexity index is 503. The fourth-order valence-corrected chi connectivity index (χ4v) is 1.09. The lowest BCUT2D eigenvalue weighted by molar-refractivity contribution is 0.102. The van der Waals surface area contributed by atoms with Crippen molar-refractivity contribution in [3.8, 4) is 6.01 Å². The third-order valence-electron chi connectivity index (χ3n) is 1.87. The average molecular weight is 223 g/mol. The van der Waals surface area contributed by atoms with E-state index in [1.165, 1.54) is 13.3 Å². The first kappa shape index (κ1) is 10.1. The average Bonchev–Trinajstić information content (AvgIpc) is 2.86. The van der Waals surface area contributed by atoms with Gasteiger partial charge in [-0.1, -0.05) is 5.16 Å². The minimum absolute atomic E-state index is 0.150. The maximum absolute atomic E-state index is 11.7. The van der Waals surface area contributed by atoms with Crippen LogP contribution in [0.4, 0.5) is 5.95 Å². The molecule has 0 radical (unpaired) electrons. The van der Waals surface area contributed by atoms with Crippen LogP contribution in [0.25, 0.3) is 0 Å². The highest BCUT2D eigenvalue weighted by Gasteiger charge is 2.14. The molecule has 0 bridgehead atoms. The summed E-state index contributed by atoms with van der Waals surface area (Å²) in [5.74, 6) is 0.254. The molecule has 1 amide bonds. The van der Waals surface area contributed by atoms with Gasteiger partial charge in [0.1, 0.15) is 11.3 Å². The summed E-state index contributed by atoms with van der Waals surface area (Å²) in [6.45, 7) is 1.64. The SMILES string of the molecule is COc1n[nH]c(NC(=O)c2cnoc2C)n1. The summed E-state index contributed by atoms with van der Waals surface area (Å²) in [6, 6.07) is 0.150. The molecular formula is C8H9N5O3. The molecule has 0 aliphatic rings. The molecule has 2 N–H and O–H groups in total. The van der Waals surface area contributed by atoms with E-state index in [0.29, 0.717) is 11.3 Å². The fraction of sp³-hybridized carbons (Fsp3) is 0.250. The second-order valence-electron chi connectivity index (χ2n) is 2.92. The van der Waals surface area contributed by atoms with Crippen LogP contribution in [-0.2, 0) is 0 Å². The van der Waals surface area contributed by atoms with Gasteiger partial charge in [-0.15, -0.1) is 5.10 Å². The highest BCUT2D eigenvalue weighted by atomic mass is 16.5. The maximum Gasteiger partial charge on any atom is 0.336 e. The van der Waals surface area contributed by atoms with Crippen LogP contribution in [0.3, 0.4) is 0 Å². The summed E-state index contributed by atoms with van der Waals surface area (Å²) in [5, 5.41) is 12.2. The minimum atomic E-state index is -0.377. The summed E-state index contributed by atoms with van der Waals surface area (Å²) in [6.07, 6.45) is 1.33. The van der Waals surface area contributed by atoms with E-state index in [1.807, 2.05) is 0 Å². The number of carbonyl (C=O) groups is 1. The summed E-state index contributed by atoms with van der Waals surface area (Å²) >= 11 is 0. The molecule has 16 heavy (non-hydrogen) atoms. The van der Waals surface area contributed by atoms with E-state index in [9.17, 15) is 4.79 Å². The molecule has 0 unspecified atom stereocenters. The zero-order valence-electron chi connectivity index (χ0n) is 8.64. The second kappa shape index (κ2) is 4.01. The molecule has 2 rings (SSSR count). The lowest BCUT2D eigenvalue weighted by atomic mass is 10.2. The molecular weight excluding hydrogens is 214 g/mol. The number of amides is 1. The minimum Gasteiger partial charge on any atom is -0.466 e. The normalized spacial score (nSPS) is 10.1. The van der Waals surface area contributed by atoms with E-state index < -0.39 is 0 Å². The van der Waals surface area contributed by atoms with Crippen molar-refractivity contribution < 1.29 is 14.1 Å². The number of aromatic nitrogens is 4. The van der Waals surface area contributed by atoms with Crippen LogP contribution < -0.4 is 10.1 Å². The van der Waals surface area contributed by atoms with Crippen molar-refractivity contribution in [3.63, 3.8) is 0 Å². The third-order valence-corrected chi connectivity index (χ3v) is 1.87. The molecule has 0 saturated carbocycles. The quantitative estimate of drug-likeness (QED) is 0.778. The molecule has 2 heterocycles. The number of aryl methyl sites for hydroxylation is 1. The van der Waals surface area contributed by atoms with Gasteiger partial charge in [-0.3, -0.25) is 10.1 Å². The smallest absolute Gasteiger partial charge is 0.336 e. The molecule has 0 saturated heterocycles. The Labute approximate surface area is 90.0 Å². The van der Waals surface area contributed by atoms with Crippen molar-refractivity contribution in [1.82, 2.24) is 20.3 Å². The van der Waals surface area contributed by atoms with Gasteiger partial charge in [0.15, 0.2) is 0 Å². The number of rotatable bonds is 3. The van der Waals surface area contributed by atoms with Crippen LogP contribution in [0.2, 0.25) is 0 Å². The van der Waals surface area contributed by atoms with Crippen molar-refractivity contribution in [1.29, 1.82) is 0 Å². The first-order chi connectivity index (χ1) is 7.70. The number of hydrogen-bond acceptors (Lipinski definition) is 6. The van der Waals surface area contributed by atoms with E-state index in [4.69, 9.17) is 9.26 Å². The van der Waals surface area contributed by atoms with Crippen molar-refractivity contribution in [3.05, 3.63) is 17.5 Å². The van der Waals surface area contributed by atoms with E-state index in [-0.39, 0.29) is 17.9 Å². The fourth-order valence-electron chi connectivity index (χ4n) is 1.09. The molecule has 2 aromatic heterocycles. The predicted molar refractivity (Wildman–Crippen MR) is 52.1 cm³/mol. The highest BCUT2D eigenvalue weighted by Crippen LogP contribution is 2.10. The number of carbonyl (C=O) groups excluding carboxylic acids is 1. The van der Waals surface area contributed by atoms with Gasteiger partial charge in [0, 0.05) is 0 Å². The number of methoxy groups -OCH3 is 1. The van der Waals surface area contributed by atoms with Gasteiger partial charge in [0.05, 0.1) is 13.3 Å². The first-order valence-corrected chi connectivity index (χ1v) is 4.39. The monoisotopic (exact) mass is 223 g/mol. The van der Waals surface area contributed by atoms with Crippen molar-refractivity contribution >= 4 is 11.9 Å². The molecule has 84 valence electrons. The maximum atomic E-state index is 11.7. The molecule has 2 aromatic rings. The van der Waals surface area contributed by atoms with Crippen molar-refractivity contribution in [2.45, 2.75) is 6.92 Å². The lowest BCUT2D eigenvalue weighted by Gasteiger charge is -1.97. The number of hydrogen-bond donors (Lipinski definition) is 2. The van der Waals surface area contributed by atoms with Gasteiger partial charge in [0.25, 0.3) is 5.91 Å². The Balaban J connectivity index is 2.11. The Hall–Kier alpha value is -2.38. The highest BCUT2D eigenvalue weighted by molar-refractivity contribution is 6.03. The Morgan fingerprint density at radius 2 is 2.44 bits per heavy atom. The standard InChI is InChI=1S/C8H9N5O3/c1-4-5(3-9-16-4)6(14)10-7-11-8(15-2)13-12-7/h3H,1-2H3,(H2,10,11,12,13,14). The molecule has 8 nitrogen and oxygen atoms in total. The van der Waals surface area contributed by atoms with Crippen LogP contribution >= 0.6 is 0 Å². The van der Waals surface area contributed by atoms with Gasteiger partial charge < -0.3 is 9.26 Å². The Morgan fingerprint density at radius 3 is 3.00 bits per heavy atom. The number of ether oxygens (including phenoxy) is 1. The van der Waals surface area contributed by atoms with Crippen LogP contribution in [0.5, 0.6) is 6.01 Å². The van der Waals surface area contributed by atoms with Crippen LogP contribution in [-0.4, -0.2) is 33.4 Å². The summed E-state index contributed by atoms with van der Waals surface area (Å²) in [4.78, 5) is 15.5. The van der Waals surface area contributed by atoms with Gasteiger partial charge in [-0.25, -0.2) is 5.10 Å². The van der Waals surface area contributed by atoms with E-state index in [0.717, 1.165) is 0 Å². The zero-order valence-corrected chi connectivity index (χ0v) is 8.64. The largest absolute Gasteiger partial charge is 0.466 e. The van der Waals surface area contributed by atoms with Gasteiger partial charge in [-0.05, 0) is 6.92 Å². The van der Waals surface area contributed by atoms with Gasteiger partial charge in [-0.2, -0.15) is 4.98 Å². The van der Waals surface area contributed by atoms with Gasteiger partial charge >= 0.3 is 6.01 Å². The lowest BCUT2D eigenvalue weighted by Crippen LogP contribution is -2.13. The third kappa shape index (κ3) is 1.85. The van der Waals surface area contributed by atoms with Crippen LogP contribution in [0.1, 0.15) is 16.1 Å². The Morgan fingerprint density at radius 1 is 1.62 bits per heavy atom. The summed E-state index contributed by atoms with van der Waals surface area (Å²) in [7, 11) is 1.43. The van der Waals surface area contributed by atoms with E-state index >= 15 is 0 Å². The molecule has 0 atom stereocenters. The van der Waals surface area contributed by atoms with Gasteiger partial charge in [0.2, 0.25) is 5.95 Å². The van der Waals surface area contributed by atoms with E-state index in [1.54, 1.807) is 6.92 Å².